The van der Waals surface area contributed by atoms with Gasteiger partial charge in [0.05, 0.1) is 13.2 Å². The zero-order chi connectivity index (χ0) is 13.4. The molecule has 1 aromatic carbocycles. The summed E-state index contributed by atoms with van der Waals surface area (Å²) in [6, 6.07) is 8.07. The van der Waals surface area contributed by atoms with Crippen LogP contribution in [0.1, 0.15) is 29.8 Å². The average Bonchev–Trinajstić information content (AvgIpc) is 2.96. The first-order valence-corrected chi connectivity index (χ1v) is 6.87. The Balaban J connectivity index is 1.98. The summed E-state index contributed by atoms with van der Waals surface area (Å²) < 4.78 is 7.88. The number of benzene rings is 1. The summed E-state index contributed by atoms with van der Waals surface area (Å²) in [5.41, 5.74) is 9.42. The van der Waals surface area contributed by atoms with Gasteiger partial charge in [-0.25, -0.2) is 0 Å². The van der Waals surface area contributed by atoms with Crippen LogP contribution in [-0.4, -0.2) is 11.2 Å². The minimum absolute atomic E-state index is 0.0168. The number of nitrogens with two attached hydrogens (primary N) is 1. The van der Waals surface area contributed by atoms with E-state index in [-0.39, 0.29) is 6.04 Å². The number of ether oxygens (including phenoxy) is 1. The highest BCUT2D eigenvalue weighted by Gasteiger charge is 2.18. The molecule has 1 aliphatic rings. The Hall–Kier alpha value is -1.45. The van der Waals surface area contributed by atoms with Gasteiger partial charge in [-0.3, -0.25) is 0 Å². The number of halogens is 1. The predicted molar refractivity (Wildman–Crippen MR) is 76.8 cm³/mol. The Morgan fingerprint density at radius 3 is 3.11 bits per heavy atom. The van der Waals surface area contributed by atoms with E-state index in [0.717, 1.165) is 41.6 Å². The van der Waals surface area contributed by atoms with E-state index in [1.807, 2.05) is 31.3 Å². The van der Waals surface area contributed by atoms with Crippen molar-refractivity contribution in [3.8, 4) is 5.75 Å². The van der Waals surface area contributed by atoms with Gasteiger partial charge in [-0.15, -0.1) is 0 Å². The maximum atomic E-state index is 6.18. The second-order valence-corrected chi connectivity index (χ2v) is 5.44. The summed E-state index contributed by atoms with van der Waals surface area (Å²) in [6.45, 7) is 3.48. The number of hydrogen-bond donors (Lipinski definition) is 1. The molecule has 1 aromatic heterocycles. The van der Waals surface area contributed by atoms with Crippen molar-refractivity contribution in [1.82, 2.24) is 4.57 Å². The molecule has 3 rings (SSSR count). The van der Waals surface area contributed by atoms with E-state index in [1.165, 1.54) is 5.56 Å². The van der Waals surface area contributed by atoms with E-state index in [1.54, 1.807) is 0 Å². The molecule has 0 fully saturated rings. The number of fused-ring (bicyclic) bond motifs is 1. The molecular weight excluding hydrogens is 260 g/mol. The fraction of sp³-hybridized carbons (Fsp3) is 0.333. The van der Waals surface area contributed by atoms with Crippen molar-refractivity contribution >= 4 is 11.6 Å². The summed E-state index contributed by atoms with van der Waals surface area (Å²) in [7, 11) is 0. The van der Waals surface area contributed by atoms with Gasteiger partial charge in [-0.2, -0.15) is 0 Å². The van der Waals surface area contributed by atoms with Crippen LogP contribution in [0.5, 0.6) is 5.75 Å². The van der Waals surface area contributed by atoms with E-state index in [2.05, 4.69) is 10.6 Å². The van der Waals surface area contributed by atoms with Gasteiger partial charge < -0.3 is 15.0 Å². The second kappa shape index (κ2) is 4.91. The van der Waals surface area contributed by atoms with E-state index < -0.39 is 0 Å². The minimum Gasteiger partial charge on any atom is -0.493 e. The van der Waals surface area contributed by atoms with Crippen molar-refractivity contribution in [1.29, 1.82) is 0 Å². The van der Waals surface area contributed by atoms with E-state index in [0.29, 0.717) is 0 Å². The molecule has 2 aromatic rings. The molecule has 0 amide bonds. The van der Waals surface area contributed by atoms with Crippen LogP contribution in [0.3, 0.4) is 0 Å². The molecular formula is C15H17ClN2O. The summed E-state index contributed by atoms with van der Waals surface area (Å²) in [5.74, 6) is 0.994. The smallest absolute Gasteiger partial charge is 0.127 e. The first-order valence-electron chi connectivity index (χ1n) is 6.50. The maximum absolute atomic E-state index is 6.18. The maximum Gasteiger partial charge on any atom is 0.127 e. The van der Waals surface area contributed by atoms with Gasteiger partial charge in [0, 0.05) is 34.9 Å². The van der Waals surface area contributed by atoms with Crippen molar-refractivity contribution in [2.24, 2.45) is 5.73 Å². The number of nitrogens with zero attached hydrogens (tertiary/aromatic N) is 1. The lowest BCUT2D eigenvalue weighted by atomic mass is 10.1. The molecule has 1 aliphatic heterocycles. The van der Waals surface area contributed by atoms with Crippen LogP contribution in [0.25, 0.3) is 0 Å². The zero-order valence-electron chi connectivity index (χ0n) is 10.9. The third kappa shape index (κ3) is 2.36. The van der Waals surface area contributed by atoms with Crippen molar-refractivity contribution in [2.75, 3.05) is 6.61 Å². The first kappa shape index (κ1) is 12.6. The molecule has 1 atom stereocenters. The van der Waals surface area contributed by atoms with Gasteiger partial charge in [-0.05, 0) is 36.8 Å². The van der Waals surface area contributed by atoms with Crippen molar-refractivity contribution in [2.45, 2.75) is 25.9 Å². The molecule has 0 spiro atoms. The molecule has 0 radical (unpaired) electrons. The van der Waals surface area contributed by atoms with Crippen LogP contribution in [0.15, 0.2) is 30.5 Å². The minimum atomic E-state index is 0.0168. The highest BCUT2D eigenvalue weighted by molar-refractivity contribution is 6.30. The predicted octanol–water partition coefficient (Wildman–Crippen LogP) is 3.14. The van der Waals surface area contributed by atoms with Crippen LogP contribution >= 0.6 is 11.6 Å². The molecule has 1 unspecified atom stereocenters. The molecule has 0 saturated carbocycles. The number of hydrogen-bond acceptors (Lipinski definition) is 2. The standard InChI is InChI=1S/C15H17ClN2O/c1-10(17)14-3-2-5-18(14)9-12-8-13(16)7-11-4-6-19-15(11)12/h2-3,5,7-8,10H,4,6,9,17H2,1H3. The summed E-state index contributed by atoms with van der Waals surface area (Å²) in [5, 5.41) is 0.772. The van der Waals surface area contributed by atoms with Gasteiger partial charge in [0.25, 0.3) is 0 Å². The van der Waals surface area contributed by atoms with Gasteiger partial charge in [0.1, 0.15) is 5.75 Å². The highest BCUT2D eigenvalue weighted by atomic mass is 35.5. The molecule has 100 valence electrons. The van der Waals surface area contributed by atoms with Crippen LogP contribution in [0, 0.1) is 0 Å². The lowest BCUT2D eigenvalue weighted by Gasteiger charge is -2.14. The number of rotatable bonds is 3. The summed E-state index contributed by atoms with van der Waals surface area (Å²) in [4.78, 5) is 0. The van der Waals surface area contributed by atoms with Crippen molar-refractivity contribution in [3.63, 3.8) is 0 Å². The van der Waals surface area contributed by atoms with E-state index in [9.17, 15) is 0 Å². The lowest BCUT2D eigenvalue weighted by Crippen LogP contribution is -2.12. The Morgan fingerprint density at radius 2 is 2.32 bits per heavy atom. The molecule has 4 heteroatoms. The third-order valence-corrected chi connectivity index (χ3v) is 3.72. The molecule has 0 saturated heterocycles. The van der Waals surface area contributed by atoms with Crippen LogP contribution < -0.4 is 10.5 Å². The van der Waals surface area contributed by atoms with Crippen LogP contribution in [-0.2, 0) is 13.0 Å². The van der Waals surface area contributed by atoms with Gasteiger partial charge in [-0.1, -0.05) is 11.6 Å². The lowest BCUT2D eigenvalue weighted by molar-refractivity contribution is 0.352. The van der Waals surface area contributed by atoms with Gasteiger partial charge >= 0.3 is 0 Å². The highest BCUT2D eigenvalue weighted by Crippen LogP contribution is 2.33. The third-order valence-electron chi connectivity index (χ3n) is 3.50. The van der Waals surface area contributed by atoms with E-state index >= 15 is 0 Å². The fourth-order valence-corrected chi connectivity index (χ4v) is 2.90. The van der Waals surface area contributed by atoms with Crippen LogP contribution in [0.4, 0.5) is 0 Å². The summed E-state index contributed by atoms with van der Waals surface area (Å²) >= 11 is 6.18. The normalized spacial score (nSPS) is 15.1. The molecule has 0 aliphatic carbocycles. The average molecular weight is 277 g/mol. The number of aromatic nitrogens is 1. The largest absolute Gasteiger partial charge is 0.493 e. The molecule has 2 N–H and O–H groups in total. The SMILES string of the molecule is CC(N)c1cccn1Cc1cc(Cl)cc2c1OCC2. The quantitative estimate of drug-likeness (QED) is 0.935. The van der Waals surface area contributed by atoms with Gasteiger partial charge in [0.2, 0.25) is 0 Å². The zero-order valence-corrected chi connectivity index (χ0v) is 11.7. The second-order valence-electron chi connectivity index (χ2n) is 5.00. The fourth-order valence-electron chi connectivity index (χ4n) is 2.63. The van der Waals surface area contributed by atoms with E-state index in [4.69, 9.17) is 22.1 Å². The molecule has 0 bridgehead atoms. The van der Waals surface area contributed by atoms with Gasteiger partial charge in [0.15, 0.2) is 0 Å². The first-order chi connectivity index (χ1) is 9.15. The summed E-state index contributed by atoms with van der Waals surface area (Å²) in [6.07, 6.45) is 2.98. The Bertz CT molecular complexity index is 604. The molecule has 3 nitrogen and oxygen atoms in total. The molecule has 2 heterocycles. The Kier molecular flexibility index (Phi) is 3.25. The Labute approximate surface area is 117 Å². The monoisotopic (exact) mass is 276 g/mol. The van der Waals surface area contributed by atoms with Crippen LogP contribution in [0.2, 0.25) is 5.02 Å². The topological polar surface area (TPSA) is 40.2 Å². The van der Waals surface area contributed by atoms with Crippen molar-refractivity contribution < 1.29 is 4.74 Å². The molecule has 19 heavy (non-hydrogen) atoms. The van der Waals surface area contributed by atoms with Crippen molar-refractivity contribution in [3.05, 3.63) is 52.3 Å². The Morgan fingerprint density at radius 1 is 1.47 bits per heavy atom.